The van der Waals surface area contributed by atoms with E-state index >= 15 is 0 Å². The van der Waals surface area contributed by atoms with E-state index in [2.05, 4.69) is 39.1 Å². The van der Waals surface area contributed by atoms with Crippen LogP contribution in [-0.4, -0.2) is 62.9 Å². The molecular weight excluding hydrogens is 357 g/mol. The maximum absolute atomic E-state index is 13.8. The van der Waals surface area contributed by atoms with Crippen LogP contribution in [0, 0.1) is 12.7 Å². The summed E-state index contributed by atoms with van der Waals surface area (Å²) in [5.74, 6) is 0.491. The number of benzene rings is 1. The number of anilines is 1. The van der Waals surface area contributed by atoms with Gasteiger partial charge in [0.05, 0.1) is 40.3 Å². The molecule has 1 aliphatic heterocycles. The van der Waals surface area contributed by atoms with Gasteiger partial charge in [-0.25, -0.2) is 14.4 Å². The van der Waals surface area contributed by atoms with Gasteiger partial charge in [-0.05, 0) is 45.6 Å². The van der Waals surface area contributed by atoms with E-state index in [4.69, 9.17) is 4.98 Å². The predicted molar refractivity (Wildman–Crippen MR) is 108 cm³/mol. The molecule has 0 aliphatic carbocycles. The summed E-state index contributed by atoms with van der Waals surface area (Å²) in [5.41, 5.74) is 4.35. The van der Waals surface area contributed by atoms with Gasteiger partial charge in [-0.2, -0.15) is 5.10 Å². The van der Waals surface area contributed by atoms with Gasteiger partial charge in [0.15, 0.2) is 0 Å². The highest BCUT2D eigenvalue weighted by Gasteiger charge is 2.26. The highest BCUT2D eigenvalue weighted by molar-refractivity contribution is 6.06. The molecule has 4 aromatic rings. The van der Waals surface area contributed by atoms with Gasteiger partial charge in [0, 0.05) is 24.5 Å². The van der Waals surface area contributed by atoms with Gasteiger partial charge in [0.1, 0.15) is 5.82 Å². The fourth-order valence-corrected chi connectivity index (χ4v) is 4.11. The number of fused-ring (bicyclic) bond motifs is 3. The molecule has 0 bridgehead atoms. The van der Waals surface area contributed by atoms with Crippen molar-refractivity contribution in [1.29, 1.82) is 0 Å². The van der Waals surface area contributed by atoms with E-state index in [9.17, 15) is 4.39 Å². The minimum atomic E-state index is -0.269. The zero-order valence-electron chi connectivity index (χ0n) is 16.1. The van der Waals surface area contributed by atoms with Crippen LogP contribution in [0.4, 0.5) is 10.3 Å². The van der Waals surface area contributed by atoms with Crippen molar-refractivity contribution in [3.63, 3.8) is 0 Å². The van der Waals surface area contributed by atoms with Gasteiger partial charge < -0.3 is 14.4 Å². The Hall–Kier alpha value is -3.00. The van der Waals surface area contributed by atoms with Crippen molar-refractivity contribution >= 4 is 27.9 Å². The molecule has 3 aromatic heterocycles. The molecule has 144 valence electrons. The third-order valence-electron chi connectivity index (χ3n) is 5.69. The Morgan fingerprint density at radius 1 is 1.21 bits per heavy atom. The molecule has 0 saturated carbocycles. The molecule has 28 heavy (non-hydrogen) atoms. The van der Waals surface area contributed by atoms with E-state index in [1.54, 1.807) is 12.3 Å². The van der Waals surface area contributed by atoms with Crippen molar-refractivity contribution in [3.8, 4) is 5.69 Å². The number of hydrogen-bond donors (Lipinski definition) is 1. The number of aromatic nitrogens is 5. The average Bonchev–Trinajstić information content (AvgIpc) is 3.38. The maximum Gasteiger partial charge on any atom is 0.225 e. The van der Waals surface area contributed by atoms with Gasteiger partial charge in [0.25, 0.3) is 0 Å². The molecule has 1 fully saturated rings. The SMILES string of the molecule is Cc1nc(N2CC[C@@H](N(C)C)C2)ncc1-n1c2ccc(F)cc2c2[nH]ncc21. The zero-order valence-corrected chi connectivity index (χ0v) is 16.1. The van der Waals surface area contributed by atoms with Crippen LogP contribution in [0.15, 0.2) is 30.6 Å². The summed E-state index contributed by atoms with van der Waals surface area (Å²) in [7, 11) is 4.22. The summed E-state index contributed by atoms with van der Waals surface area (Å²) < 4.78 is 15.8. The Morgan fingerprint density at radius 3 is 2.82 bits per heavy atom. The number of rotatable bonds is 3. The van der Waals surface area contributed by atoms with E-state index in [0.717, 1.165) is 58.8 Å². The zero-order chi connectivity index (χ0) is 19.4. The number of H-pyrrole nitrogens is 1. The Labute approximate surface area is 161 Å². The summed E-state index contributed by atoms with van der Waals surface area (Å²) >= 11 is 0. The molecule has 5 rings (SSSR count). The second kappa shape index (κ2) is 6.27. The number of likely N-dealkylation sites (N-methyl/N-ethyl adjacent to an activating group) is 1. The highest BCUT2D eigenvalue weighted by atomic mass is 19.1. The van der Waals surface area contributed by atoms with E-state index < -0.39 is 0 Å². The van der Waals surface area contributed by atoms with Crippen molar-refractivity contribution in [1.82, 2.24) is 29.6 Å². The minimum Gasteiger partial charge on any atom is -0.339 e. The summed E-state index contributed by atoms with van der Waals surface area (Å²) in [6.45, 7) is 3.88. The number of aryl methyl sites for hydroxylation is 1. The highest BCUT2D eigenvalue weighted by Crippen LogP contribution is 2.32. The molecule has 1 aromatic carbocycles. The van der Waals surface area contributed by atoms with Crippen LogP contribution in [0.3, 0.4) is 0 Å². The van der Waals surface area contributed by atoms with E-state index in [1.165, 1.54) is 12.1 Å². The van der Waals surface area contributed by atoms with Crippen molar-refractivity contribution < 1.29 is 4.39 Å². The maximum atomic E-state index is 13.8. The molecular formula is C20H22FN7. The Bertz CT molecular complexity index is 1180. The molecule has 1 saturated heterocycles. The monoisotopic (exact) mass is 379 g/mol. The quantitative estimate of drug-likeness (QED) is 0.593. The Balaban J connectivity index is 1.60. The van der Waals surface area contributed by atoms with Crippen LogP contribution in [0.25, 0.3) is 27.6 Å². The standard InChI is InChI=1S/C20H22FN7/c1-12-17(9-22-20(24-12)27-7-6-14(11-27)26(2)3)28-16-5-4-13(21)8-15(16)19-18(28)10-23-25-19/h4-5,8-10,14H,6-7,11H2,1-3H3,(H,23,25)/t14-/m1/s1. The van der Waals surface area contributed by atoms with Crippen molar-refractivity contribution in [2.75, 3.05) is 32.1 Å². The van der Waals surface area contributed by atoms with Crippen molar-refractivity contribution in [2.24, 2.45) is 0 Å². The minimum absolute atomic E-state index is 0.269. The first-order valence-electron chi connectivity index (χ1n) is 9.41. The third-order valence-corrected chi connectivity index (χ3v) is 5.69. The van der Waals surface area contributed by atoms with Crippen LogP contribution in [0.5, 0.6) is 0 Å². The average molecular weight is 379 g/mol. The Morgan fingerprint density at radius 2 is 2.07 bits per heavy atom. The lowest BCUT2D eigenvalue weighted by Crippen LogP contribution is -2.32. The first-order chi connectivity index (χ1) is 13.5. The normalized spacial score (nSPS) is 17.5. The van der Waals surface area contributed by atoms with Gasteiger partial charge in [0.2, 0.25) is 5.95 Å². The van der Waals surface area contributed by atoms with E-state index in [1.807, 2.05) is 17.7 Å². The molecule has 0 unspecified atom stereocenters. The lowest BCUT2D eigenvalue weighted by Gasteiger charge is -2.21. The number of aromatic amines is 1. The van der Waals surface area contributed by atoms with Crippen LogP contribution in [-0.2, 0) is 0 Å². The molecule has 1 atom stereocenters. The molecule has 7 nitrogen and oxygen atoms in total. The van der Waals surface area contributed by atoms with Crippen molar-refractivity contribution in [3.05, 3.63) is 42.1 Å². The van der Waals surface area contributed by atoms with Crippen LogP contribution in [0.2, 0.25) is 0 Å². The van der Waals surface area contributed by atoms with Crippen LogP contribution < -0.4 is 4.90 Å². The molecule has 1 aliphatic rings. The topological polar surface area (TPSA) is 65.9 Å². The van der Waals surface area contributed by atoms with Gasteiger partial charge in [-0.1, -0.05) is 0 Å². The first kappa shape index (κ1) is 17.1. The van der Waals surface area contributed by atoms with E-state index in [-0.39, 0.29) is 5.82 Å². The largest absolute Gasteiger partial charge is 0.339 e. The molecule has 0 amide bonds. The second-order valence-electron chi connectivity index (χ2n) is 7.62. The lowest BCUT2D eigenvalue weighted by atomic mass is 10.2. The number of nitrogens with zero attached hydrogens (tertiary/aromatic N) is 6. The number of hydrogen-bond acceptors (Lipinski definition) is 5. The Kier molecular flexibility index (Phi) is 3.83. The summed E-state index contributed by atoms with van der Waals surface area (Å²) in [5, 5.41) is 7.92. The van der Waals surface area contributed by atoms with Gasteiger partial charge >= 0.3 is 0 Å². The molecule has 8 heteroatoms. The second-order valence-corrected chi connectivity index (χ2v) is 7.62. The van der Waals surface area contributed by atoms with Gasteiger partial charge in [-0.15, -0.1) is 0 Å². The number of halogens is 1. The van der Waals surface area contributed by atoms with Gasteiger partial charge in [-0.3, -0.25) is 5.10 Å². The number of nitrogens with one attached hydrogen (secondary N) is 1. The summed E-state index contributed by atoms with van der Waals surface area (Å²) in [4.78, 5) is 13.9. The van der Waals surface area contributed by atoms with Crippen LogP contribution in [0.1, 0.15) is 12.1 Å². The first-order valence-corrected chi connectivity index (χ1v) is 9.41. The molecule has 0 radical (unpaired) electrons. The summed E-state index contributed by atoms with van der Waals surface area (Å²) in [6, 6.07) is 5.31. The predicted octanol–water partition coefficient (Wildman–Crippen LogP) is 2.88. The van der Waals surface area contributed by atoms with Crippen molar-refractivity contribution in [2.45, 2.75) is 19.4 Å². The molecule has 0 spiro atoms. The summed E-state index contributed by atoms with van der Waals surface area (Å²) in [6.07, 6.45) is 4.72. The van der Waals surface area contributed by atoms with E-state index in [0.29, 0.717) is 6.04 Å². The molecule has 1 N–H and O–H groups in total. The third kappa shape index (κ3) is 2.56. The fourth-order valence-electron chi connectivity index (χ4n) is 4.11. The smallest absolute Gasteiger partial charge is 0.225 e. The van der Waals surface area contributed by atoms with Crippen LogP contribution >= 0.6 is 0 Å². The lowest BCUT2D eigenvalue weighted by molar-refractivity contribution is 0.315. The fraction of sp³-hybridized carbons (Fsp3) is 0.350. The molecule has 4 heterocycles.